The number of hydrogen-bond donors (Lipinski definition) is 2. The van der Waals surface area contributed by atoms with Crippen LogP contribution in [0, 0.1) is 0 Å². The van der Waals surface area contributed by atoms with Gasteiger partial charge in [-0.2, -0.15) is 0 Å². The van der Waals surface area contributed by atoms with Crippen molar-refractivity contribution in [2.75, 3.05) is 0 Å². The Morgan fingerprint density at radius 2 is 1.87 bits per heavy atom. The van der Waals surface area contributed by atoms with Gasteiger partial charge in [-0.3, -0.25) is 0 Å². The van der Waals surface area contributed by atoms with Crippen molar-refractivity contribution in [3.05, 3.63) is 48.3 Å². The Hall–Kier alpha value is -2.23. The quantitative estimate of drug-likeness (QED) is 0.783. The van der Waals surface area contributed by atoms with E-state index in [4.69, 9.17) is 5.11 Å². The molecule has 0 aliphatic carbocycles. The maximum atomic E-state index is 10.6. The summed E-state index contributed by atoms with van der Waals surface area (Å²) in [6.07, 6.45) is 3.55. The first-order valence-electron chi connectivity index (χ1n) is 4.38. The van der Waals surface area contributed by atoms with Gasteiger partial charge in [0.1, 0.15) is 5.75 Å². The molecule has 4 nitrogen and oxygen atoms in total. The van der Waals surface area contributed by atoms with Gasteiger partial charge >= 0.3 is 5.97 Å². The van der Waals surface area contributed by atoms with Gasteiger partial charge in [-0.1, -0.05) is 0 Å². The van der Waals surface area contributed by atoms with Crippen LogP contribution in [0.3, 0.4) is 0 Å². The van der Waals surface area contributed by atoms with Gasteiger partial charge in [0, 0.05) is 12.4 Å². The summed E-state index contributed by atoms with van der Waals surface area (Å²) in [5, 5.41) is 18.3. The summed E-state index contributed by atoms with van der Waals surface area (Å²) >= 11 is 0. The van der Waals surface area contributed by atoms with E-state index in [9.17, 15) is 9.90 Å². The standard InChI is InChI=1S/C11H9NO3/c13-10-7-8(11(14)15)3-4-9(10)12-5-1-2-6-12/h1-7,13H,(H,14,15). The van der Waals surface area contributed by atoms with Crippen LogP contribution in [0.15, 0.2) is 42.7 Å². The molecule has 2 rings (SSSR count). The molecular weight excluding hydrogens is 194 g/mol. The van der Waals surface area contributed by atoms with Crippen molar-refractivity contribution in [1.29, 1.82) is 0 Å². The number of rotatable bonds is 2. The van der Waals surface area contributed by atoms with E-state index in [-0.39, 0.29) is 11.3 Å². The number of phenols is 1. The second kappa shape index (κ2) is 3.49. The molecule has 2 N–H and O–H groups in total. The molecule has 1 aromatic heterocycles. The summed E-state index contributed by atoms with van der Waals surface area (Å²) in [4.78, 5) is 10.6. The zero-order valence-electron chi connectivity index (χ0n) is 7.79. The predicted molar refractivity (Wildman–Crippen MR) is 54.4 cm³/mol. The molecule has 0 saturated carbocycles. The fourth-order valence-electron chi connectivity index (χ4n) is 1.37. The van der Waals surface area contributed by atoms with Gasteiger partial charge in [0.05, 0.1) is 11.3 Å². The van der Waals surface area contributed by atoms with Crippen molar-refractivity contribution in [3.8, 4) is 11.4 Å². The number of aromatic nitrogens is 1. The average molecular weight is 203 g/mol. The lowest BCUT2D eigenvalue weighted by Gasteiger charge is -2.06. The van der Waals surface area contributed by atoms with Crippen molar-refractivity contribution in [2.24, 2.45) is 0 Å². The molecule has 0 aliphatic heterocycles. The van der Waals surface area contributed by atoms with E-state index in [1.807, 2.05) is 12.1 Å². The Morgan fingerprint density at radius 3 is 2.40 bits per heavy atom. The summed E-state index contributed by atoms with van der Waals surface area (Å²) in [7, 11) is 0. The molecule has 2 aromatic rings. The molecule has 0 saturated heterocycles. The lowest BCUT2D eigenvalue weighted by molar-refractivity contribution is 0.0696. The Kier molecular flexibility index (Phi) is 2.17. The van der Waals surface area contributed by atoms with Gasteiger partial charge in [-0.25, -0.2) is 4.79 Å². The molecule has 76 valence electrons. The highest BCUT2D eigenvalue weighted by atomic mass is 16.4. The predicted octanol–water partition coefficient (Wildman–Crippen LogP) is 1.88. The largest absolute Gasteiger partial charge is 0.506 e. The van der Waals surface area contributed by atoms with E-state index in [2.05, 4.69) is 0 Å². The van der Waals surface area contributed by atoms with E-state index in [1.54, 1.807) is 23.0 Å². The topological polar surface area (TPSA) is 62.5 Å². The fraction of sp³-hybridized carbons (Fsp3) is 0. The van der Waals surface area contributed by atoms with Crippen molar-refractivity contribution >= 4 is 5.97 Å². The normalized spacial score (nSPS) is 10.1. The Balaban J connectivity index is 2.48. The third-order valence-electron chi connectivity index (χ3n) is 2.10. The fourth-order valence-corrected chi connectivity index (χ4v) is 1.37. The van der Waals surface area contributed by atoms with Gasteiger partial charge < -0.3 is 14.8 Å². The Labute approximate surface area is 86.0 Å². The van der Waals surface area contributed by atoms with Crippen molar-refractivity contribution in [2.45, 2.75) is 0 Å². The third kappa shape index (κ3) is 1.69. The Bertz CT molecular complexity index is 489. The third-order valence-corrected chi connectivity index (χ3v) is 2.10. The number of carboxylic acids is 1. The maximum Gasteiger partial charge on any atom is 0.335 e. The molecular formula is C11H9NO3. The summed E-state index contributed by atoms with van der Waals surface area (Å²) in [5.41, 5.74) is 0.633. The highest BCUT2D eigenvalue weighted by molar-refractivity contribution is 5.88. The molecule has 0 radical (unpaired) electrons. The number of hydrogen-bond acceptors (Lipinski definition) is 2. The lowest BCUT2D eigenvalue weighted by Crippen LogP contribution is -1.97. The highest BCUT2D eigenvalue weighted by Crippen LogP contribution is 2.22. The molecule has 4 heteroatoms. The van der Waals surface area contributed by atoms with E-state index < -0.39 is 5.97 Å². The van der Waals surface area contributed by atoms with E-state index in [0.717, 1.165) is 0 Å². The second-order valence-corrected chi connectivity index (χ2v) is 3.10. The summed E-state index contributed by atoms with van der Waals surface area (Å²) in [5.74, 6) is -1.10. The first kappa shape index (κ1) is 9.33. The lowest BCUT2D eigenvalue weighted by atomic mass is 10.2. The molecule has 0 amide bonds. The molecule has 0 aliphatic rings. The van der Waals surface area contributed by atoms with Gasteiger partial charge in [0.2, 0.25) is 0 Å². The van der Waals surface area contributed by atoms with Crippen LogP contribution < -0.4 is 0 Å². The van der Waals surface area contributed by atoms with Crippen molar-refractivity contribution in [1.82, 2.24) is 4.57 Å². The van der Waals surface area contributed by atoms with Crippen molar-refractivity contribution in [3.63, 3.8) is 0 Å². The second-order valence-electron chi connectivity index (χ2n) is 3.10. The first-order chi connectivity index (χ1) is 7.18. The smallest absolute Gasteiger partial charge is 0.335 e. The molecule has 0 bridgehead atoms. The van der Waals surface area contributed by atoms with Crippen LogP contribution in [0.1, 0.15) is 10.4 Å². The van der Waals surface area contributed by atoms with E-state index in [0.29, 0.717) is 5.69 Å². The molecule has 0 spiro atoms. The molecule has 0 fully saturated rings. The number of benzene rings is 1. The SMILES string of the molecule is O=C(O)c1ccc(-n2cccc2)c(O)c1. The average Bonchev–Trinajstić information content (AvgIpc) is 2.70. The minimum atomic E-state index is -1.05. The van der Waals surface area contributed by atoms with Gasteiger partial charge in [0.15, 0.2) is 0 Å². The van der Waals surface area contributed by atoms with Crippen LogP contribution in [0.25, 0.3) is 5.69 Å². The van der Waals surface area contributed by atoms with Crippen LogP contribution in [-0.4, -0.2) is 20.7 Å². The van der Waals surface area contributed by atoms with Crippen LogP contribution >= 0.6 is 0 Å². The molecule has 0 atom stereocenters. The monoisotopic (exact) mass is 203 g/mol. The zero-order valence-corrected chi connectivity index (χ0v) is 7.79. The minimum Gasteiger partial charge on any atom is -0.506 e. The van der Waals surface area contributed by atoms with Crippen LogP contribution in [-0.2, 0) is 0 Å². The molecule has 15 heavy (non-hydrogen) atoms. The van der Waals surface area contributed by atoms with E-state index in [1.165, 1.54) is 12.1 Å². The number of carboxylic acid groups (broad SMARTS) is 1. The molecule has 0 unspecified atom stereocenters. The number of nitrogens with zero attached hydrogens (tertiary/aromatic N) is 1. The number of aromatic hydroxyl groups is 1. The number of carbonyl (C=O) groups is 1. The minimum absolute atomic E-state index is 0.0499. The summed E-state index contributed by atoms with van der Waals surface area (Å²) in [6.45, 7) is 0. The maximum absolute atomic E-state index is 10.6. The van der Waals surface area contributed by atoms with Crippen LogP contribution in [0.2, 0.25) is 0 Å². The first-order valence-corrected chi connectivity index (χ1v) is 4.38. The molecule has 1 aromatic carbocycles. The van der Waals surface area contributed by atoms with E-state index >= 15 is 0 Å². The van der Waals surface area contributed by atoms with Crippen LogP contribution in [0.5, 0.6) is 5.75 Å². The van der Waals surface area contributed by atoms with Crippen LogP contribution in [0.4, 0.5) is 0 Å². The van der Waals surface area contributed by atoms with Gasteiger partial charge in [-0.15, -0.1) is 0 Å². The zero-order chi connectivity index (χ0) is 10.8. The summed E-state index contributed by atoms with van der Waals surface area (Å²) in [6, 6.07) is 7.91. The highest BCUT2D eigenvalue weighted by Gasteiger charge is 2.07. The number of phenolic OH excluding ortho intramolecular Hbond substituents is 1. The van der Waals surface area contributed by atoms with Gasteiger partial charge in [-0.05, 0) is 30.3 Å². The van der Waals surface area contributed by atoms with Gasteiger partial charge in [0.25, 0.3) is 0 Å². The number of aromatic carboxylic acids is 1. The summed E-state index contributed by atoms with van der Waals surface area (Å²) < 4.78 is 1.71. The molecule has 1 heterocycles. The van der Waals surface area contributed by atoms with Crippen molar-refractivity contribution < 1.29 is 15.0 Å². The Morgan fingerprint density at radius 1 is 1.20 bits per heavy atom.